The highest BCUT2D eigenvalue weighted by Gasteiger charge is 2.25. The third kappa shape index (κ3) is 17.9. The summed E-state index contributed by atoms with van der Waals surface area (Å²) in [5.41, 5.74) is 0. The Bertz CT molecular complexity index is 318. The molecular formula is C25H53NO2+. The summed E-state index contributed by atoms with van der Waals surface area (Å²) < 4.78 is 0.630. The van der Waals surface area contributed by atoms with Crippen molar-refractivity contribution < 1.29 is 14.7 Å². The summed E-state index contributed by atoms with van der Waals surface area (Å²) in [6, 6.07) is 0. The number of nitrogens with zero attached hydrogens (tertiary/aromatic N) is 1. The van der Waals surface area contributed by atoms with Crippen LogP contribution in [-0.2, 0) is 0 Å². The number of hydrogen-bond donors (Lipinski definition) is 2. The van der Waals surface area contributed by atoms with Gasteiger partial charge in [0.1, 0.15) is 0 Å². The molecule has 0 aliphatic heterocycles. The lowest BCUT2D eigenvalue weighted by Crippen LogP contribution is -2.49. The molecule has 0 aliphatic rings. The van der Waals surface area contributed by atoms with E-state index in [1.54, 1.807) is 0 Å². The zero-order chi connectivity index (χ0) is 21.1. The maximum atomic E-state index is 10.3. The van der Waals surface area contributed by atoms with Crippen molar-refractivity contribution in [2.45, 2.75) is 135 Å². The van der Waals surface area contributed by atoms with Crippen LogP contribution < -0.4 is 0 Å². The molecule has 0 heterocycles. The monoisotopic (exact) mass is 399 g/mol. The van der Waals surface area contributed by atoms with E-state index in [4.69, 9.17) is 0 Å². The smallest absolute Gasteiger partial charge is 0.190 e. The van der Waals surface area contributed by atoms with Gasteiger partial charge >= 0.3 is 0 Å². The summed E-state index contributed by atoms with van der Waals surface area (Å²) >= 11 is 0. The molecule has 3 heteroatoms. The first-order valence-electron chi connectivity index (χ1n) is 12.4. The molecule has 1 radical (unpaired) electrons. The van der Waals surface area contributed by atoms with Crippen LogP contribution in [0.5, 0.6) is 0 Å². The average Bonchev–Trinajstić information content (AvgIpc) is 2.65. The molecule has 0 rings (SSSR count). The molecule has 2 unspecified atom stereocenters. The van der Waals surface area contributed by atoms with Gasteiger partial charge in [-0.05, 0) is 26.2 Å². The molecule has 169 valence electrons. The Morgan fingerprint density at radius 3 is 1.32 bits per heavy atom. The highest BCUT2D eigenvalue weighted by atomic mass is 16.3. The van der Waals surface area contributed by atoms with E-state index in [-0.39, 0.29) is 0 Å². The van der Waals surface area contributed by atoms with Crippen molar-refractivity contribution in [2.24, 2.45) is 0 Å². The second-order valence-electron chi connectivity index (χ2n) is 9.52. The highest BCUT2D eigenvalue weighted by molar-refractivity contribution is 4.58. The molecule has 0 fully saturated rings. The molecule has 0 aliphatic carbocycles. The number of quaternary nitrogens is 1. The predicted molar refractivity (Wildman–Crippen MR) is 123 cm³/mol. The summed E-state index contributed by atoms with van der Waals surface area (Å²) in [6.07, 6.45) is 22.4. The molecule has 2 N–H and O–H groups in total. The molecule has 0 spiro atoms. The number of unbranched alkanes of at least 4 members (excludes halogenated alkanes) is 15. The predicted octanol–water partition coefficient (Wildman–Crippen LogP) is 6.62. The lowest BCUT2D eigenvalue weighted by atomic mass is 10.0. The van der Waals surface area contributed by atoms with Crippen molar-refractivity contribution in [2.75, 3.05) is 20.6 Å². The minimum Gasteiger partial charge on any atom is -0.393 e. The van der Waals surface area contributed by atoms with Crippen LogP contribution in [0, 0.1) is 6.92 Å². The second-order valence-corrected chi connectivity index (χ2v) is 9.52. The number of hydrogen-bond acceptors (Lipinski definition) is 2. The van der Waals surface area contributed by atoms with Crippen molar-refractivity contribution in [3.05, 3.63) is 6.92 Å². The Labute approximate surface area is 177 Å². The van der Waals surface area contributed by atoms with Gasteiger partial charge in [0.25, 0.3) is 0 Å². The fourth-order valence-corrected chi connectivity index (χ4v) is 3.91. The Balaban J connectivity index is 3.34. The van der Waals surface area contributed by atoms with Crippen LogP contribution in [0.15, 0.2) is 0 Å². The van der Waals surface area contributed by atoms with Gasteiger partial charge in [-0.2, -0.15) is 0 Å². The lowest BCUT2D eigenvalue weighted by molar-refractivity contribution is -0.937. The van der Waals surface area contributed by atoms with Crippen molar-refractivity contribution >= 4 is 0 Å². The van der Waals surface area contributed by atoms with Crippen LogP contribution in [0.25, 0.3) is 0 Å². The molecular weight excluding hydrogens is 346 g/mol. The summed E-state index contributed by atoms with van der Waals surface area (Å²) in [5.74, 6) is 0. The standard InChI is InChI=1S/C25H53NO2/c1-5-6-7-8-9-10-11-12-13-14-15-16-17-18-19-20-23-26(3,4)25(28)22-21-24(2)27/h24-25,27-28H,2,5-23H2,1,3-4H3/q+1. The van der Waals surface area contributed by atoms with Crippen molar-refractivity contribution in [3.8, 4) is 0 Å². The fraction of sp³-hybridized carbons (Fsp3) is 0.960. The first-order chi connectivity index (χ1) is 13.4. The zero-order valence-corrected chi connectivity index (χ0v) is 19.6. The van der Waals surface area contributed by atoms with Gasteiger partial charge in [-0.25, -0.2) is 0 Å². The third-order valence-corrected chi connectivity index (χ3v) is 6.15. The van der Waals surface area contributed by atoms with E-state index in [1.807, 2.05) is 0 Å². The molecule has 0 amide bonds. The molecule has 2 atom stereocenters. The van der Waals surface area contributed by atoms with Crippen molar-refractivity contribution in [1.29, 1.82) is 0 Å². The number of rotatable bonds is 21. The molecule has 0 saturated heterocycles. The van der Waals surface area contributed by atoms with Crippen LogP contribution in [-0.4, -0.2) is 47.7 Å². The number of aliphatic hydroxyl groups excluding tert-OH is 2. The van der Waals surface area contributed by atoms with Crippen LogP contribution in [0.2, 0.25) is 0 Å². The zero-order valence-electron chi connectivity index (χ0n) is 19.6. The van der Waals surface area contributed by atoms with E-state index in [9.17, 15) is 10.2 Å². The molecule has 0 bridgehead atoms. The molecule has 0 aromatic heterocycles. The van der Waals surface area contributed by atoms with Gasteiger partial charge in [-0.3, -0.25) is 0 Å². The second kappa shape index (κ2) is 18.9. The highest BCUT2D eigenvalue weighted by Crippen LogP contribution is 2.16. The Hall–Kier alpha value is -0.120. The summed E-state index contributed by atoms with van der Waals surface area (Å²) in [4.78, 5) is 0. The first-order valence-corrected chi connectivity index (χ1v) is 12.4. The summed E-state index contributed by atoms with van der Waals surface area (Å²) in [6.45, 7) is 6.87. The normalized spacial score (nSPS) is 14.4. The van der Waals surface area contributed by atoms with E-state index in [1.165, 1.54) is 103 Å². The van der Waals surface area contributed by atoms with Crippen molar-refractivity contribution in [1.82, 2.24) is 0 Å². The maximum Gasteiger partial charge on any atom is 0.190 e. The minimum atomic E-state index is -0.565. The van der Waals surface area contributed by atoms with Gasteiger partial charge in [0, 0.05) is 6.42 Å². The Morgan fingerprint density at radius 1 is 0.607 bits per heavy atom. The van der Waals surface area contributed by atoms with Gasteiger partial charge in [-0.15, -0.1) is 0 Å². The van der Waals surface area contributed by atoms with Crippen LogP contribution >= 0.6 is 0 Å². The number of aliphatic hydroxyl groups is 2. The average molecular weight is 400 g/mol. The van der Waals surface area contributed by atoms with Gasteiger partial charge < -0.3 is 14.7 Å². The minimum absolute atomic E-state index is 0.396. The lowest BCUT2D eigenvalue weighted by Gasteiger charge is -2.35. The largest absolute Gasteiger partial charge is 0.393 e. The van der Waals surface area contributed by atoms with E-state index in [0.717, 1.165) is 6.54 Å². The van der Waals surface area contributed by atoms with E-state index in [2.05, 4.69) is 27.9 Å². The maximum absolute atomic E-state index is 10.3. The molecule has 0 saturated carbocycles. The van der Waals surface area contributed by atoms with Crippen LogP contribution in [0.3, 0.4) is 0 Å². The van der Waals surface area contributed by atoms with Crippen LogP contribution in [0.4, 0.5) is 0 Å². The molecule has 0 aromatic rings. The van der Waals surface area contributed by atoms with E-state index in [0.29, 0.717) is 17.3 Å². The summed E-state index contributed by atoms with van der Waals surface area (Å²) in [7, 11) is 4.18. The van der Waals surface area contributed by atoms with E-state index < -0.39 is 12.3 Å². The SMILES string of the molecule is [CH2]C(O)CCC(O)[N+](C)(C)CCCCCCCCCCCCCCCCCC. The molecule has 3 nitrogen and oxygen atoms in total. The molecule has 28 heavy (non-hydrogen) atoms. The topological polar surface area (TPSA) is 40.5 Å². The Morgan fingerprint density at radius 2 is 0.964 bits per heavy atom. The van der Waals surface area contributed by atoms with Gasteiger partial charge in [0.05, 0.1) is 26.7 Å². The summed E-state index contributed by atoms with van der Waals surface area (Å²) in [5, 5.41) is 19.5. The van der Waals surface area contributed by atoms with Gasteiger partial charge in [-0.1, -0.05) is 96.8 Å². The van der Waals surface area contributed by atoms with E-state index >= 15 is 0 Å². The van der Waals surface area contributed by atoms with Crippen LogP contribution in [0.1, 0.15) is 122 Å². The molecule has 0 aromatic carbocycles. The van der Waals surface area contributed by atoms with Gasteiger partial charge in [0.2, 0.25) is 0 Å². The third-order valence-electron chi connectivity index (χ3n) is 6.15. The fourth-order valence-electron chi connectivity index (χ4n) is 3.91. The first kappa shape index (κ1) is 27.9. The van der Waals surface area contributed by atoms with Crippen molar-refractivity contribution in [3.63, 3.8) is 0 Å². The quantitative estimate of drug-likeness (QED) is 0.129. The Kier molecular flexibility index (Phi) is 18.8. The van der Waals surface area contributed by atoms with Gasteiger partial charge in [0.15, 0.2) is 6.23 Å².